The largest absolute Gasteiger partial charge is 0.497 e. The van der Waals surface area contributed by atoms with Crippen molar-refractivity contribution in [3.05, 3.63) is 82.6 Å². The van der Waals surface area contributed by atoms with Crippen molar-refractivity contribution in [3.63, 3.8) is 0 Å². The highest BCUT2D eigenvalue weighted by molar-refractivity contribution is 9.10. The van der Waals surface area contributed by atoms with Crippen LogP contribution in [0, 0.1) is 0 Å². The second-order valence-corrected chi connectivity index (χ2v) is 7.74. The average molecular weight is 442 g/mol. The average Bonchev–Trinajstić information content (AvgIpc) is 3.16. The lowest BCUT2D eigenvalue weighted by Gasteiger charge is -2.39. The zero-order valence-electron chi connectivity index (χ0n) is 14.9. The fourth-order valence-corrected chi connectivity index (χ4v) is 4.21. The number of aromatic nitrogens is 1. The Kier molecular flexibility index (Phi) is 5.18. The van der Waals surface area contributed by atoms with Crippen molar-refractivity contribution in [1.29, 1.82) is 0 Å². The van der Waals surface area contributed by atoms with E-state index in [2.05, 4.69) is 61.2 Å². The Labute approximate surface area is 172 Å². The molecule has 4 rings (SSSR count). The minimum absolute atomic E-state index is 0.0619. The Bertz CT molecular complexity index is 954. The van der Waals surface area contributed by atoms with Gasteiger partial charge in [-0.05, 0) is 60.2 Å². The first kappa shape index (κ1) is 18.1. The molecule has 138 valence electrons. The molecule has 0 saturated carbocycles. The Hall–Kier alpha value is -2.31. The Balaban J connectivity index is 1.66. The van der Waals surface area contributed by atoms with Gasteiger partial charge in [0.15, 0.2) is 5.11 Å². The molecule has 1 aliphatic rings. The van der Waals surface area contributed by atoms with Crippen molar-refractivity contribution in [3.8, 4) is 5.75 Å². The summed E-state index contributed by atoms with van der Waals surface area (Å²) in [4.78, 5) is 2.26. The van der Waals surface area contributed by atoms with E-state index in [1.165, 1.54) is 11.3 Å². The van der Waals surface area contributed by atoms with Crippen LogP contribution in [-0.4, -0.2) is 28.2 Å². The van der Waals surface area contributed by atoms with E-state index < -0.39 is 0 Å². The van der Waals surface area contributed by atoms with E-state index in [9.17, 15) is 0 Å². The Morgan fingerprint density at radius 1 is 1.11 bits per heavy atom. The van der Waals surface area contributed by atoms with Crippen molar-refractivity contribution in [2.24, 2.45) is 0 Å². The third-order valence-electron chi connectivity index (χ3n) is 4.81. The molecule has 0 amide bonds. The van der Waals surface area contributed by atoms with Gasteiger partial charge in [-0.25, -0.2) is 0 Å². The third-order valence-corrected chi connectivity index (χ3v) is 5.64. The first-order valence-corrected chi connectivity index (χ1v) is 9.98. The van der Waals surface area contributed by atoms with E-state index in [4.69, 9.17) is 17.0 Å². The highest BCUT2D eigenvalue weighted by Gasteiger charge is 2.30. The number of rotatable bonds is 3. The Morgan fingerprint density at radius 2 is 1.93 bits per heavy atom. The third kappa shape index (κ3) is 3.73. The van der Waals surface area contributed by atoms with Gasteiger partial charge in [-0.2, -0.15) is 0 Å². The lowest BCUT2D eigenvalue weighted by molar-refractivity contribution is 0.293. The number of halogens is 1. The van der Waals surface area contributed by atoms with Crippen LogP contribution in [-0.2, 0) is 6.54 Å². The summed E-state index contributed by atoms with van der Waals surface area (Å²) in [6, 6.07) is 20.6. The maximum atomic E-state index is 5.79. The van der Waals surface area contributed by atoms with Gasteiger partial charge in [0, 0.05) is 35.1 Å². The van der Waals surface area contributed by atoms with Crippen LogP contribution in [0.15, 0.2) is 71.3 Å². The van der Waals surface area contributed by atoms with Crippen molar-refractivity contribution >= 4 is 38.9 Å². The predicted octanol–water partition coefficient (Wildman–Crippen LogP) is 5.06. The van der Waals surface area contributed by atoms with Crippen LogP contribution < -0.4 is 10.1 Å². The maximum Gasteiger partial charge on any atom is 0.174 e. The second kappa shape index (κ2) is 7.74. The number of benzene rings is 2. The number of nitrogens with one attached hydrogen (secondary N) is 1. The summed E-state index contributed by atoms with van der Waals surface area (Å²) < 4.78 is 8.64. The summed E-state index contributed by atoms with van der Waals surface area (Å²) in [6.45, 7) is 1.76. The molecule has 2 aromatic carbocycles. The highest BCUT2D eigenvalue weighted by atomic mass is 79.9. The molecule has 1 unspecified atom stereocenters. The first-order chi connectivity index (χ1) is 13.2. The van der Waals surface area contributed by atoms with Crippen LogP contribution in [0.4, 0.5) is 5.69 Å². The fourth-order valence-electron chi connectivity index (χ4n) is 3.50. The van der Waals surface area contributed by atoms with Crippen LogP contribution in [0.2, 0.25) is 0 Å². The smallest absolute Gasteiger partial charge is 0.174 e. The molecule has 0 fully saturated rings. The van der Waals surface area contributed by atoms with Gasteiger partial charge >= 0.3 is 0 Å². The molecule has 1 atom stereocenters. The summed E-state index contributed by atoms with van der Waals surface area (Å²) in [5, 5.41) is 4.11. The fraction of sp³-hybridized carbons (Fsp3) is 0.190. The summed E-state index contributed by atoms with van der Waals surface area (Å²) >= 11 is 9.31. The number of ether oxygens (including phenoxy) is 1. The summed E-state index contributed by atoms with van der Waals surface area (Å²) in [6.07, 6.45) is 2.13. The van der Waals surface area contributed by atoms with Gasteiger partial charge < -0.3 is 19.5 Å². The predicted molar refractivity (Wildman–Crippen MR) is 116 cm³/mol. The molecule has 3 aromatic rings. The van der Waals surface area contributed by atoms with Crippen LogP contribution in [0.25, 0.3) is 0 Å². The number of anilines is 1. The van der Waals surface area contributed by atoms with Gasteiger partial charge in [-0.1, -0.05) is 34.1 Å². The maximum absolute atomic E-state index is 5.79. The monoisotopic (exact) mass is 441 g/mol. The van der Waals surface area contributed by atoms with Gasteiger partial charge in [-0.15, -0.1) is 0 Å². The van der Waals surface area contributed by atoms with E-state index >= 15 is 0 Å². The SMILES string of the molecule is COc1ccc(C2c3cccn3CCN2C(=S)Nc2cccc(Br)c2)cc1. The van der Waals surface area contributed by atoms with Gasteiger partial charge in [0.2, 0.25) is 0 Å². The number of methoxy groups -OCH3 is 1. The van der Waals surface area contributed by atoms with E-state index in [1.807, 2.05) is 36.4 Å². The van der Waals surface area contributed by atoms with Gasteiger partial charge in [0.1, 0.15) is 5.75 Å². The van der Waals surface area contributed by atoms with Crippen LogP contribution in [0.3, 0.4) is 0 Å². The van der Waals surface area contributed by atoms with Gasteiger partial charge in [-0.3, -0.25) is 0 Å². The molecule has 1 aliphatic heterocycles. The van der Waals surface area contributed by atoms with E-state index in [-0.39, 0.29) is 6.04 Å². The number of hydrogen-bond donors (Lipinski definition) is 1. The molecule has 4 nitrogen and oxygen atoms in total. The molecule has 6 heteroatoms. The number of thiocarbonyl (C=S) groups is 1. The van der Waals surface area contributed by atoms with Gasteiger partial charge in [0.25, 0.3) is 0 Å². The number of fused-ring (bicyclic) bond motifs is 1. The van der Waals surface area contributed by atoms with Gasteiger partial charge in [0.05, 0.1) is 13.2 Å². The summed E-state index contributed by atoms with van der Waals surface area (Å²) in [5.41, 5.74) is 3.41. The highest BCUT2D eigenvalue weighted by Crippen LogP contribution is 2.34. The standard InChI is InChI=1S/C21H20BrN3OS/c1-26-18-9-7-15(8-10-18)20-19-6-3-11-24(19)12-13-25(20)21(27)23-17-5-2-4-16(22)14-17/h2-11,14,20H,12-13H2,1H3,(H,23,27). The summed E-state index contributed by atoms with van der Waals surface area (Å²) in [7, 11) is 1.68. The van der Waals surface area contributed by atoms with Crippen LogP contribution in [0.5, 0.6) is 5.75 Å². The topological polar surface area (TPSA) is 29.4 Å². The zero-order valence-corrected chi connectivity index (χ0v) is 17.3. The summed E-state index contributed by atoms with van der Waals surface area (Å²) in [5.74, 6) is 0.853. The van der Waals surface area contributed by atoms with Crippen LogP contribution in [0.1, 0.15) is 17.3 Å². The quantitative estimate of drug-likeness (QED) is 0.575. The van der Waals surface area contributed by atoms with Crippen molar-refractivity contribution in [2.45, 2.75) is 12.6 Å². The van der Waals surface area contributed by atoms with Crippen molar-refractivity contribution in [1.82, 2.24) is 9.47 Å². The van der Waals surface area contributed by atoms with Crippen molar-refractivity contribution < 1.29 is 4.74 Å². The number of nitrogens with zero attached hydrogens (tertiary/aromatic N) is 2. The molecular weight excluding hydrogens is 422 g/mol. The lowest BCUT2D eigenvalue weighted by atomic mass is 10.00. The molecular formula is C21H20BrN3OS. The lowest BCUT2D eigenvalue weighted by Crippen LogP contribution is -2.44. The molecule has 0 saturated heterocycles. The van der Waals surface area contributed by atoms with Crippen molar-refractivity contribution in [2.75, 3.05) is 19.0 Å². The molecule has 2 heterocycles. The van der Waals surface area contributed by atoms with E-state index in [0.717, 1.165) is 34.1 Å². The second-order valence-electron chi connectivity index (χ2n) is 6.44. The molecule has 1 N–H and O–H groups in total. The molecule has 0 aliphatic carbocycles. The zero-order chi connectivity index (χ0) is 18.8. The molecule has 0 spiro atoms. The van der Waals surface area contributed by atoms with E-state index in [0.29, 0.717) is 0 Å². The minimum Gasteiger partial charge on any atom is -0.497 e. The molecule has 1 aromatic heterocycles. The van der Waals surface area contributed by atoms with E-state index in [1.54, 1.807) is 7.11 Å². The Morgan fingerprint density at radius 3 is 2.67 bits per heavy atom. The molecule has 0 bridgehead atoms. The number of hydrogen-bond acceptors (Lipinski definition) is 2. The normalized spacial score (nSPS) is 15.9. The first-order valence-electron chi connectivity index (χ1n) is 8.78. The molecule has 27 heavy (non-hydrogen) atoms. The minimum atomic E-state index is 0.0619. The van der Waals surface area contributed by atoms with Crippen LogP contribution >= 0.6 is 28.1 Å². The molecule has 0 radical (unpaired) electrons.